The van der Waals surface area contributed by atoms with Crippen molar-refractivity contribution in [3.63, 3.8) is 0 Å². The van der Waals surface area contributed by atoms with Gasteiger partial charge in [0.1, 0.15) is 23.7 Å². The molecule has 6 nitrogen and oxygen atoms in total. The minimum absolute atomic E-state index is 0.130. The second-order valence-electron chi connectivity index (χ2n) is 8.21. The normalized spacial score (nSPS) is 11.1. The van der Waals surface area contributed by atoms with Crippen molar-refractivity contribution in [3.05, 3.63) is 93.2 Å². The number of hydrogen-bond donors (Lipinski definition) is 1. The summed E-state index contributed by atoms with van der Waals surface area (Å²) in [6.45, 7) is 6.29. The van der Waals surface area contributed by atoms with Crippen LogP contribution in [0.25, 0.3) is 16.8 Å². The van der Waals surface area contributed by atoms with Gasteiger partial charge in [-0.1, -0.05) is 66.5 Å². The zero-order valence-electron chi connectivity index (χ0n) is 18.9. The molecule has 4 rings (SSSR count). The summed E-state index contributed by atoms with van der Waals surface area (Å²) < 4.78 is 7.84. The van der Waals surface area contributed by atoms with Gasteiger partial charge in [-0.3, -0.25) is 0 Å². The van der Waals surface area contributed by atoms with E-state index in [4.69, 9.17) is 33.0 Å². The molecule has 4 aromatic rings. The van der Waals surface area contributed by atoms with E-state index >= 15 is 0 Å². The average molecular weight is 496 g/mol. The zero-order chi connectivity index (χ0) is 24.4. The lowest BCUT2D eigenvalue weighted by atomic mass is 10.0. The Morgan fingerprint density at radius 3 is 2.26 bits per heavy atom. The quantitative estimate of drug-likeness (QED) is 0.300. The van der Waals surface area contributed by atoms with E-state index in [0.29, 0.717) is 15.7 Å². The van der Waals surface area contributed by atoms with Crippen molar-refractivity contribution in [1.82, 2.24) is 15.0 Å². The largest absolute Gasteiger partial charge is 0.487 e. The summed E-state index contributed by atoms with van der Waals surface area (Å²) in [6.07, 6.45) is 0. The molecule has 34 heavy (non-hydrogen) atoms. The Balaban J connectivity index is 1.61. The lowest BCUT2D eigenvalue weighted by Gasteiger charge is -2.15. The van der Waals surface area contributed by atoms with Crippen LogP contribution in [0.2, 0.25) is 10.0 Å². The van der Waals surface area contributed by atoms with Gasteiger partial charge in [-0.2, -0.15) is 0 Å². The molecule has 174 valence electrons. The van der Waals surface area contributed by atoms with Crippen LogP contribution in [0.15, 0.2) is 60.7 Å². The monoisotopic (exact) mass is 495 g/mol. The van der Waals surface area contributed by atoms with E-state index in [9.17, 15) is 4.79 Å². The number of aromatic carboxylic acids is 1. The van der Waals surface area contributed by atoms with Gasteiger partial charge in [0.15, 0.2) is 0 Å². The molecule has 1 aromatic heterocycles. The van der Waals surface area contributed by atoms with Crippen LogP contribution >= 0.6 is 23.2 Å². The third-order valence-corrected chi connectivity index (χ3v) is 6.10. The van der Waals surface area contributed by atoms with Crippen molar-refractivity contribution in [1.29, 1.82) is 0 Å². The van der Waals surface area contributed by atoms with Crippen molar-refractivity contribution in [2.75, 3.05) is 0 Å². The van der Waals surface area contributed by atoms with Gasteiger partial charge >= 0.3 is 5.97 Å². The molecule has 0 unspecified atom stereocenters. The molecule has 0 fully saturated rings. The summed E-state index contributed by atoms with van der Waals surface area (Å²) in [5.74, 6) is -0.0940. The number of carbonyl (C=O) groups is 1. The fraction of sp³-hybridized carbons (Fsp3) is 0.192. The average Bonchev–Trinajstić information content (AvgIpc) is 3.22. The maximum Gasteiger partial charge on any atom is 0.335 e. The van der Waals surface area contributed by atoms with E-state index in [1.54, 1.807) is 47.1 Å². The lowest BCUT2D eigenvalue weighted by molar-refractivity contribution is 0.0697. The maximum atomic E-state index is 11.1. The molecule has 0 aliphatic heterocycles. The van der Waals surface area contributed by atoms with Crippen LogP contribution in [-0.2, 0) is 6.61 Å². The first-order valence-electron chi connectivity index (χ1n) is 10.7. The molecule has 1 heterocycles. The summed E-state index contributed by atoms with van der Waals surface area (Å²) in [6, 6.07) is 17.9. The van der Waals surface area contributed by atoms with Gasteiger partial charge in [0, 0.05) is 0 Å². The number of ether oxygens (including phenoxy) is 1. The van der Waals surface area contributed by atoms with Gasteiger partial charge in [-0.05, 0) is 65.9 Å². The molecule has 0 bridgehead atoms. The molecule has 0 saturated carbocycles. The SMILES string of the molecule is Cc1cc(-c2ccc(C(=O)O)cc2)ccc1OCc1c(C(C)C)nnn1-c1c(Cl)cccc1Cl. The van der Waals surface area contributed by atoms with Gasteiger partial charge in [-0.15, -0.1) is 5.10 Å². The fourth-order valence-corrected chi connectivity index (χ4v) is 4.27. The Labute approximate surface area is 207 Å². The number of aryl methyl sites for hydroxylation is 1. The Morgan fingerprint density at radius 2 is 1.68 bits per heavy atom. The van der Waals surface area contributed by atoms with Crippen LogP contribution in [0.3, 0.4) is 0 Å². The van der Waals surface area contributed by atoms with Crippen molar-refractivity contribution in [3.8, 4) is 22.6 Å². The molecule has 1 N–H and O–H groups in total. The number of carboxylic acids is 1. The topological polar surface area (TPSA) is 77.2 Å². The molecule has 0 radical (unpaired) electrons. The fourth-order valence-electron chi connectivity index (χ4n) is 3.71. The third kappa shape index (κ3) is 4.79. The van der Waals surface area contributed by atoms with Crippen LogP contribution < -0.4 is 4.74 Å². The molecule has 8 heteroatoms. The van der Waals surface area contributed by atoms with Crippen molar-refractivity contribution < 1.29 is 14.6 Å². The van der Waals surface area contributed by atoms with E-state index in [2.05, 4.69) is 10.3 Å². The first-order valence-corrected chi connectivity index (χ1v) is 11.5. The second kappa shape index (κ2) is 9.87. The number of para-hydroxylation sites is 1. The van der Waals surface area contributed by atoms with Gasteiger partial charge in [0.2, 0.25) is 0 Å². The molecule has 0 aliphatic carbocycles. The van der Waals surface area contributed by atoms with Crippen LogP contribution in [0, 0.1) is 6.92 Å². The molecular formula is C26H23Cl2N3O3. The molecule has 0 atom stereocenters. The predicted molar refractivity (Wildman–Crippen MR) is 133 cm³/mol. The second-order valence-corrected chi connectivity index (χ2v) is 9.02. The highest BCUT2D eigenvalue weighted by molar-refractivity contribution is 6.37. The highest BCUT2D eigenvalue weighted by Gasteiger charge is 2.21. The van der Waals surface area contributed by atoms with Crippen LogP contribution in [0.1, 0.15) is 47.1 Å². The zero-order valence-corrected chi connectivity index (χ0v) is 20.4. The summed E-state index contributed by atoms with van der Waals surface area (Å²) in [5.41, 5.74) is 5.25. The van der Waals surface area contributed by atoms with Crippen LogP contribution in [0.4, 0.5) is 0 Å². The Morgan fingerprint density at radius 1 is 1.03 bits per heavy atom. The summed E-state index contributed by atoms with van der Waals surface area (Å²) in [7, 11) is 0. The smallest absolute Gasteiger partial charge is 0.335 e. The summed E-state index contributed by atoms with van der Waals surface area (Å²) in [5, 5.41) is 18.7. The van der Waals surface area contributed by atoms with Gasteiger partial charge in [0.05, 0.1) is 21.3 Å². The highest BCUT2D eigenvalue weighted by Crippen LogP contribution is 2.32. The van der Waals surface area contributed by atoms with E-state index in [1.165, 1.54) is 0 Å². The molecular weight excluding hydrogens is 473 g/mol. The van der Waals surface area contributed by atoms with Gasteiger partial charge in [-0.25, -0.2) is 9.48 Å². The molecule has 0 saturated heterocycles. The highest BCUT2D eigenvalue weighted by atomic mass is 35.5. The Hall–Kier alpha value is -3.35. The first kappa shape index (κ1) is 23.8. The maximum absolute atomic E-state index is 11.1. The lowest BCUT2D eigenvalue weighted by Crippen LogP contribution is -2.09. The minimum Gasteiger partial charge on any atom is -0.487 e. The predicted octanol–water partition coefficient (Wildman–Crippen LogP) is 6.95. The number of aromatic nitrogens is 3. The summed E-state index contributed by atoms with van der Waals surface area (Å²) in [4.78, 5) is 11.1. The van der Waals surface area contributed by atoms with Crippen LogP contribution in [0.5, 0.6) is 5.75 Å². The molecule has 3 aromatic carbocycles. The van der Waals surface area contributed by atoms with Crippen molar-refractivity contribution in [2.45, 2.75) is 33.3 Å². The van der Waals surface area contributed by atoms with Crippen LogP contribution in [-0.4, -0.2) is 26.1 Å². The number of rotatable bonds is 7. The molecule has 0 spiro atoms. The van der Waals surface area contributed by atoms with E-state index in [1.807, 2.05) is 39.0 Å². The Bertz CT molecular complexity index is 1330. The minimum atomic E-state index is -0.945. The third-order valence-electron chi connectivity index (χ3n) is 5.49. The van der Waals surface area contributed by atoms with Gasteiger partial charge in [0.25, 0.3) is 0 Å². The van der Waals surface area contributed by atoms with E-state index in [0.717, 1.165) is 33.8 Å². The van der Waals surface area contributed by atoms with Crippen molar-refractivity contribution in [2.24, 2.45) is 0 Å². The first-order chi connectivity index (χ1) is 16.3. The Kier molecular flexibility index (Phi) is 6.91. The standard InChI is InChI=1S/C26H23Cl2N3O3/c1-15(2)24-22(31(30-29-24)25-20(27)5-4-6-21(25)28)14-34-23-12-11-19(13-16(23)3)17-7-9-18(10-8-17)26(32)33/h4-13,15H,14H2,1-3H3,(H,32,33). The van der Waals surface area contributed by atoms with E-state index in [-0.39, 0.29) is 18.1 Å². The number of benzene rings is 3. The summed E-state index contributed by atoms with van der Waals surface area (Å²) >= 11 is 12.8. The molecule has 0 aliphatic rings. The number of halogens is 2. The van der Waals surface area contributed by atoms with E-state index < -0.39 is 5.97 Å². The van der Waals surface area contributed by atoms with Gasteiger partial charge < -0.3 is 9.84 Å². The number of nitrogens with zero attached hydrogens (tertiary/aromatic N) is 3. The number of carboxylic acid groups (broad SMARTS) is 1. The van der Waals surface area contributed by atoms with Crippen molar-refractivity contribution >= 4 is 29.2 Å². The number of hydrogen-bond acceptors (Lipinski definition) is 4. The molecule has 0 amide bonds.